The summed E-state index contributed by atoms with van der Waals surface area (Å²) >= 11 is 3.47. The lowest BCUT2D eigenvalue weighted by atomic mass is 10.1. The zero-order valence-electron chi connectivity index (χ0n) is 10.6. The van der Waals surface area contributed by atoms with E-state index in [0.717, 1.165) is 27.0 Å². The molecule has 2 N–H and O–H groups in total. The highest BCUT2D eigenvalue weighted by atomic mass is 79.9. The van der Waals surface area contributed by atoms with Crippen LogP contribution in [0.4, 0.5) is 5.69 Å². The van der Waals surface area contributed by atoms with Crippen molar-refractivity contribution in [3.63, 3.8) is 0 Å². The standard InChI is InChI=1S/C13H16BrN3O/c1-8-4-11(14)5-12(18-3)13(8)17-9(2)10-6-15-16-7-10/h4-7,9,17H,1-3H3,(H,15,16). The number of H-pyrrole nitrogens is 1. The van der Waals surface area contributed by atoms with E-state index in [0.29, 0.717) is 0 Å². The molecule has 2 rings (SSSR count). The van der Waals surface area contributed by atoms with Gasteiger partial charge in [0.1, 0.15) is 5.75 Å². The lowest BCUT2D eigenvalue weighted by Crippen LogP contribution is -2.08. The van der Waals surface area contributed by atoms with Crippen LogP contribution in [-0.2, 0) is 0 Å². The number of aryl methyl sites for hydroxylation is 1. The quantitative estimate of drug-likeness (QED) is 0.906. The number of nitrogens with zero attached hydrogens (tertiary/aromatic N) is 1. The highest BCUT2D eigenvalue weighted by molar-refractivity contribution is 9.10. The Kier molecular flexibility index (Phi) is 3.91. The van der Waals surface area contributed by atoms with Gasteiger partial charge in [-0.3, -0.25) is 5.10 Å². The minimum atomic E-state index is 0.164. The maximum atomic E-state index is 5.41. The van der Waals surface area contributed by atoms with E-state index in [1.54, 1.807) is 7.11 Å². The van der Waals surface area contributed by atoms with Gasteiger partial charge in [-0.05, 0) is 31.5 Å². The summed E-state index contributed by atoms with van der Waals surface area (Å²) in [5.74, 6) is 0.831. The van der Waals surface area contributed by atoms with E-state index in [-0.39, 0.29) is 6.04 Å². The zero-order chi connectivity index (χ0) is 13.1. The van der Waals surface area contributed by atoms with E-state index in [9.17, 15) is 0 Å². The van der Waals surface area contributed by atoms with Gasteiger partial charge in [0.2, 0.25) is 0 Å². The molecule has 0 aliphatic carbocycles. The lowest BCUT2D eigenvalue weighted by molar-refractivity contribution is 0.415. The summed E-state index contributed by atoms with van der Waals surface area (Å²) in [6, 6.07) is 4.18. The molecule has 0 aliphatic rings. The number of methoxy groups -OCH3 is 1. The Morgan fingerprint density at radius 3 is 2.83 bits per heavy atom. The molecule has 4 nitrogen and oxygen atoms in total. The predicted molar refractivity (Wildman–Crippen MR) is 76.1 cm³/mol. The molecule has 1 unspecified atom stereocenters. The molecule has 0 saturated heterocycles. The number of anilines is 1. The molecule has 0 saturated carbocycles. The first-order chi connectivity index (χ1) is 8.61. The van der Waals surface area contributed by atoms with Crippen LogP contribution in [-0.4, -0.2) is 17.3 Å². The van der Waals surface area contributed by atoms with Crippen LogP contribution in [0.5, 0.6) is 5.75 Å². The molecule has 0 spiro atoms. The smallest absolute Gasteiger partial charge is 0.143 e. The Bertz CT molecular complexity index is 525. The van der Waals surface area contributed by atoms with Gasteiger partial charge in [-0.25, -0.2) is 0 Å². The average molecular weight is 310 g/mol. The topological polar surface area (TPSA) is 49.9 Å². The molecule has 2 aromatic rings. The number of benzene rings is 1. The number of rotatable bonds is 4. The first-order valence-corrected chi connectivity index (χ1v) is 6.50. The largest absolute Gasteiger partial charge is 0.495 e. The molecule has 1 aromatic carbocycles. The maximum absolute atomic E-state index is 5.41. The number of hydrogen-bond acceptors (Lipinski definition) is 3. The van der Waals surface area contributed by atoms with Gasteiger partial charge < -0.3 is 10.1 Å². The van der Waals surface area contributed by atoms with E-state index in [1.807, 2.05) is 18.5 Å². The van der Waals surface area contributed by atoms with E-state index in [4.69, 9.17) is 4.74 Å². The fourth-order valence-corrected chi connectivity index (χ4v) is 2.41. The van der Waals surface area contributed by atoms with E-state index >= 15 is 0 Å². The van der Waals surface area contributed by atoms with Gasteiger partial charge in [0, 0.05) is 16.2 Å². The number of ether oxygens (including phenoxy) is 1. The summed E-state index contributed by atoms with van der Waals surface area (Å²) < 4.78 is 6.42. The molecule has 0 amide bonds. The summed E-state index contributed by atoms with van der Waals surface area (Å²) in [5.41, 5.74) is 3.25. The number of aromatic nitrogens is 2. The van der Waals surface area contributed by atoms with Gasteiger partial charge in [-0.1, -0.05) is 15.9 Å². The van der Waals surface area contributed by atoms with E-state index in [1.165, 1.54) is 0 Å². The van der Waals surface area contributed by atoms with Crippen LogP contribution in [0, 0.1) is 6.92 Å². The molecule has 0 aliphatic heterocycles. The third-order valence-electron chi connectivity index (χ3n) is 2.86. The minimum Gasteiger partial charge on any atom is -0.495 e. The second-order valence-electron chi connectivity index (χ2n) is 4.20. The Morgan fingerprint density at radius 2 is 2.22 bits per heavy atom. The van der Waals surface area contributed by atoms with E-state index in [2.05, 4.69) is 51.4 Å². The first-order valence-electron chi connectivity index (χ1n) is 5.71. The summed E-state index contributed by atoms with van der Waals surface area (Å²) in [6.07, 6.45) is 3.71. The SMILES string of the molecule is COc1cc(Br)cc(C)c1NC(C)c1cn[nH]c1. The van der Waals surface area contributed by atoms with Gasteiger partial charge >= 0.3 is 0 Å². The number of nitrogens with one attached hydrogen (secondary N) is 2. The van der Waals surface area contributed by atoms with Crippen molar-refractivity contribution in [2.45, 2.75) is 19.9 Å². The van der Waals surface area contributed by atoms with Gasteiger partial charge in [0.25, 0.3) is 0 Å². The van der Waals surface area contributed by atoms with Crippen molar-refractivity contribution in [2.75, 3.05) is 12.4 Å². The summed E-state index contributed by atoms with van der Waals surface area (Å²) in [7, 11) is 1.68. The van der Waals surface area contributed by atoms with Gasteiger partial charge in [-0.2, -0.15) is 5.10 Å². The molecule has 0 bridgehead atoms. The highest BCUT2D eigenvalue weighted by Gasteiger charge is 2.12. The van der Waals surface area contributed by atoms with Crippen LogP contribution in [0.1, 0.15) is 24.1 Å². The fraction of sp³-hybridized carbons (Fsp3) is 0.308. The Morgan fingerprint density at radius 1 is 1.44 bits per heavy atom. The summed E-state index contributed by atoms with van der Waals surface area (Å²) in [6.45, 7) is 4.14. The Labute approximate surface area is 115 Å². The number of hydrogen-bond donors (Lipinski definition) is 2. The average Bonchev–Trinajstić information content (AvgIpc) is 2.85. The molecule has 1 heterocycles. The van der Waals surface area contributed by atoms with Crippen LogP contribution >= 0.6 is 15.9 Å². The van der Waals surface area contributed by atoms with Crippen molar-refractivity contribution < 1.29 is 4.74 Å². The van der Waals surface area contributed by atoms with Crippen molar-refractivity contribution in [3.8, 4) is 5.75 Å². The number of halogens is 1. The van der Waals surface area contributed by atoms with Crippen LogP contribution in [0.25, 0.3) is 0 Å². The molecular formula is C13H16BrN3O. The lowest BCUT2D eigenvalue weighted by Gasteiger charge is -2.19. The minimum absolute atomic E-state index is 0.164. The summed E-state index contributed by atoms with van der Waals surface area (Å²) in [4.78, 5) is 0. The van der Waals surface area contributed by atoms with Gasteiger partial charge in [-0.15, -0.1) is 0 Å². The zero-order valence-corrected chi connectivity index (χ0v) is 12.2. The molecule has 96 valence electrons. The molecule has 0 radical (unpaired) electrons. The molecular weight excluding hydrogens is 294 g/mol. The number of aromatic amines is 1. The van der Waals surface area contributed by atoms with Gasteiger partial charge in [0.15, 0.2) is 0 Å². The molecule has 5 heteroatoms. The highest BCUT2D eigenvalue weighted by Crippen LogP contribution is 2.34. The molecule has 1 atom stereocenters. The molecule has 0 fully saturated rings. The molecule has 1 aromatic heterocycles. The van der Waals surface area contributed by atoms with Crippen molar-refractivity contribution in [1.29, 1.82) is 0 Å². The predicted octanol–water partition coefficient (Wildman–Crippen LogP) is 3.66. The summed E-state index contributed by atoms with van der Waals surface area (Å²) in [5, 5.41) is 10.2. The van der Waals surface area contributed by atoms with E-state index < -0.39 is 0 Å². The van der Waals surface area contributed by atoms with Gasteiger partial charge in [0.05, 0.1) is 25.0 Å². The third-order valence-corrected chi connectivity index (χ3v) is 3.32. The second kappa shape index (κ2) is 5.44. The Balaban J connectivity index is 2.28. The third kappa shape index (κ3) is 2.67. The second-order valence-corrected chi connectivity index (χ2v) is 5.11. The van der Waals surface area contributed by atoms with Crippen LogP contribution in [0.3, 0.4) is 0 Å². The first kappa shape index (κ1) is 13.0. The maximum Gasteiger partial charge on any atom is 0.143 e. The van der Waals surface area contributed by atoms with Crippen molar-refractivity contribution in [3.05, 3.63) is 40.1 Å². The fourth-order valence-electron chi connectivity index (χ4n) is 1.86. The van der Waals surface area contributed by atoms with Crippen LogP contribution in [0.2, 0.25) is 0 Å². The van der Waals surface area contributed by atoms with Crippen LogP contribution in [0.15, 0.2) is 29.0 Å². The molecule has 18 heavy (non-hydrogen) atoms. The van der Waals surface area contributed by atoms with Crippen molar-refractivity contribution in [2.24, 2.45) is 0 Å². The monoisotopic (exact) mass is 309 g/mol. The van der Waals surface area contributed by atoms with Crippen LogP contribution < -0.4 is 10.1 Å². The normalized spacial score (nSPS) is 12.2. The van der Waals surface area contributed by atoms with Crippen molar-refractivity contribution >= 4 is 21.6 Å². The Hall–Kier alpha value is -1.49. The van der Waals surface area contributed by atoms with Crippen molar-refractivity contribution in [1.82, 2.24) is 10.2 Å².